The molecule has 0 unspecified atom stereocenters. The summed E-state index contributed by atoms with van der Waals surface area (Å²) in [7, 11) is 1.64. The van der Waals surface area contributed by atoms with E-state index in [0.29, 0.717) is 35.0 Å². The Bertz CT molecular complexity index is 922. The average molecular weight is 423 g/mol. The van der Waals surface area contributed by atoms with E-state index in [0.717, 1.165) is 17.7 Å². The second-order valence-corrected chi connectivity index (χ2v) is 8.12. The van der Waals surface area contributed by atoms with Crippen molar-refractivity contribution in [1.82, 2.24) is 4.90 Å². The second-order valence-electron chi connectivity index (χ2n) is 7.28. The number of aliphatic hydroxyl groups excluding tert-OH is 1. The average Bonchev–Trinajstić information content (AvgIpc) is 3.22. The number of fused-ring (bicyclic) bond motifs is 1. The molecule has 4 rings (SSSR count). The molecule has 1 fully saturated rings. The number of ether oxygens (including phenoxy) is 1. The monoisotopic (exact) mass is 422 g/mol. The minimum absolute atomic E-state index is 0.0422. The van der Waals surface area contributed by atoms with Gasteiger partial charge in [-0.3, -0.25) is 9.89 Å². The number of nitrogens with zero attached hydrogens (tertiary/aromatic N) is 2. The highest BCUT2D eigenvalue weighted by Crippen LogP contribution is 2.43. The number of aliphatic imine (C=N–C) groups is 1. The zero-order chi connectivity index (χ0) is 19.8. The lowest BCUT2D eigenvalue weighted by Gasteiger charge is -2.30. The van der Waals surface area contributed by atoms with Crippen LogP contribution in [0.2, 0.25) is 10.0 Å². The molecule has 2 aliphatic rings. The van der Waals surface area contributed by atoms with Crippen molar-refractivity contribution in [1.29, 1.82) is 0 Å². The van der Waals surface area contributed by atoms with Crippen molar-refractivity contribution in [3.63, 3.8) is 0 Å². The molecule has 28 heavy (non-hydrogen) atoms. The van der Waals surface area contributed by atoms with Gasteiger partial charge in [0, 0.05) is 42.0 Å². The van der Waals surface area contributed by atoms with Crippen LogP contribution >= 0.6 is 23.2 Å². The molecule has 2 aromatic carbocycles. The van der Waals surface area contributed by atoms with E-state index in [-0.39, 0.29) is 17.9 Å². The molecule has 1 aliphatic heterocycles. The maximum atomic E-state index is 14.6. The van der Waals surface area contributed by atoms with E-state index < -0.39 is 11.9 Å². The molecule has 3 atom stereocenters. The van der Waals surface area contributed by atoms with Crippen LogP contribution in [0.25, 0.3) is 0 Å². The molecule has 0 radical (unpaired) electrons. The molecule has 2 aromatic rings. The lowest BCUT2D eigenvalue weighted by atomic mass is 10.1. The van der Waals surface area contributed by atoms with Gasteiger partial charge in [0.1, 0.15) is 6.10 Å². The number of hydrogen-bond acceptors (Lipinski definition) is 4. The van der Waals surface area contributed by atoms with Gasteiger partial charge in [-0.25, -0.2) is 4.39 Å². The first-order valence-corrected chi connectivity index (χ1v) is 10.00. The fourth-order valence-corrected chi connectivity index (χ4v) is 4.71. The van der Waals surface area contributed by atoms with Crippen LogP contribution in [0.3, 0.4) is 0 Å². The predicted molar refractivity (Wildman–Crippen MR) is 109 cm³/mol. The Kier molecular flexibility index (Phi) is 5.61. The first kappa shape index (κ1) is 19.6. The van der Waals surface area contributed by atoms with E-state index in [4.69, 9.17) is 27.9 Å². The van der Waals surface area contributed by atoms with Crippen molar-refractivity contribution in [3.05, 3.63) is 62.9 Å². The molecular formula is C21H21Cl2FN2O2. The Labute approximate surface area is 173 Å². The quantitative estimate of drug-likeness (QED) is 0.747. The summed E-state index contributed by atoms with van der Waals surface area (Å²) in [4.78, 5) is 6.10. The summed E-state index contributed by atoms with van der Waals surface area (Å²) in [5.74, 6) is -0.272. The van der Waals surface area contributed by atoms with Gasteiger partial charge < -0.3 is 9.84 Å². The zero-order valence-corrected chi connectivity index (χ0v) is 16.9. The van der Waals surface area contributed by atoms with Crippen molar-refractivity contribution >= 4 is 29.4 Å². The number of halogens is 3. The number of likely N-dealkylation sites (tertiary alicyclic amines) is 1. The summed E-state index contributed by atoms with van der Waals surface area (Å²) >= 11 is 12.7. The van der Waals surface area contributed by atoms with Crippen LogP contribution in [-0.2, 0) is 6.42 Å². The fourth-order valence-electron chi connectivity index (χ4n) is 4.13. The Morgan fingerprint density at radius 3 is 2.79 bits per heavy atom. The van der Waals surface area contributed by atoms with E-state index in [9.17, 15) is 9.50 Å². The van der Waals surface area contributed by atoms with Crippen molar-refractivity contribution in [2.24, 2.45) is 4.99 Å². The molecule has 0 saturated carbocycles. The summed E-state index contributed by atoms with van der Waals surface area (Å²) in [5.41, 5.74) is 2.52. The molecule has 0 spiro atoms. The van der Waals surface area contributed by atoms with Gasteiger partial charge in [-0.15, -0.1) is 0 Å². The van der Waals surface area contributed by atoms with Gasteiger partial charge in [-0.05, 0) is 54.3 Å². The van der Waals surface area contributed by atoms with Gasteiger partial charge in [0.25, 0.3) is 0 Å². The largest absolute Gasteiger partial charge is 0.481 e. The molecule has 7 heteroatoms. The fraction of sp³-hybridized carbons (Fsp3) is 0.381. The highest BCUT2D eigenvalue weighted by atomic mass is 35.5. The summed E-state index contributed by atoms with van der Waals surface area (Å²) in [6.07, 6.45) is 2.20. The molecule has 1 heterocycles. The molecule has 148 valence electrons. The normalized spacial score (nSPS) is 24.8. The maximum absolute atomic E-state index is 14.6. The van der Waals surface area contributed by atoms with Crippen molar-refractivity contribution in [2.45, 2.75) is 31.1 Å². The minimum Gasteiger partial charge on any atom is -0.481 e. The van der Waals surface area contributed by atoms with Crippen LogP contribution in [0.15, 0.2) is 35.3 Å². The SMILES string of the molecule is C/N=C/c1ccc(O[C@H]2c3cc(Cl)cc(Cl)c3C[C@@H]2N2CC[C@@H](O)C2)c(F)c1. The molecule has 4 nitrogen and oxygen atoms in total. The smallest absolute Gasteiger partial charge is 0.165 e. The third-order valence-electron chi connectivity index (χ3n) is 5.42. The van der Waals surface area contributed by atoms with Crippen LogP contribution in [0, 0.1) is 5.82 Å². The van der Waals surface area contributed by atoms with Crippen LogP contribution in [0.1, 0.15) is 29.2 Å². The molecular weight excluding hydrogens is 402 g/mol. The van der Waals surface area contributed by atoms with E-state index in [2.05, 4.69) is 9.89 Å². The topological polar surface area (TPSA) is 45.1 Å². The van der Waals surface area contributed by atoms with E-state index in [1.54, 1.807) is 31.5 Å². The third-order valence-corrected chi connectivity index (χ3v) is 5.97. The van der Waals surface area contributed by atoms with E-state index in [1.807, 2.05) is 6.07 Å². The van der Waals surface area contributed by atoms with Gasteiger partial charge in [0.05, 0.1) is 12.1 Å². The Morgan fingerprint density at radius 1 is 1.29 bits per heavy atom. The van der Waals surface area contributed by atoms with Gasteiger partial charge in [-0.1, -0.05) is 23.2 Å². The number of β-amino-alcohol motifs (C(OH)–C–C–N with tert-alkyl or cyclic N) is 1. The molecule has 0 aromatic heterocycles. The highest BCUT2D eigenvalue weighted by molar-refractivity contribution is 6.35. The predicted octanol–water partition coefficient (Wildman–Crippen LogP) is 4.29. The summed E-state index contributed by atoms with van der Waals surface area (Å²) < 4.78 is 20.8. The first-order valence-electron chi connectivity index (χ1n) is 9.24. The lowest BCUT2D eigenvalue weighted by Crippen LogP contribution is -2.39. The summed E-state index contributed by atoms with van der Waals surface area (Å²) in [5, 5.41) is 11.1. The molecule has 1 aliphatic carbocycles. The van der Waals surface area contributed by atoms with Gasteiger partial charge in [-0.2, -0.15) is 0 Å². The summed E-state index contributed by atoms with van der Waals surface area (Å²) in [6.45, 7) is 1.33. The number of hydrogen-bond donors (Lipinski definition) is 1. The van der Waals surface area contributed by atoms with Crippen molar-refractivity contribution in [2.75, 3.05) is 20.1 Å². The number of benzene rings is 2. The molecule has 1 saturated heterocycles. The Hall–Kier alpha value is -1.66. The number of rotatable bonds is 4. The maximum Gasteiger partial charge on any atom is 0.165 e. The van der Waals surface area contributed by atoms with Crippen LogP contribution in [0.5, 0.6) is 5.75 Å². The van der Waals surface area contributed by atoms with E-state index >= 15 is 0 Å². The van der Waals surface area contributed by atoms with Crippen LogP contribution in [-0.4, -0.2) is 48.5 Å². The summed E-state index contributed by atoms with van der Waals surface area (Å²) in [6, 6.07) is 8.31. The van der Waals surface area contributed by atoms with Gasteiger partial charge in [0.15, 0.2) is 11.6 Å². The Balaban J connectivity index is 1.69. The molecule has 0 bridgehead atoms. The first-order chi connectivity index (χ1) is 13.5. The molecule has 0 amide bonds. The van der Waals surface area contributed by atoms with Crippen LogP contribution < -0.4 is 4.74 Å². The van der Waals surface area contributed by atoms with Crippen molar-refractivity contribution < 1.29 is 14.2 Å². The molecule has 1 N–H and O–H groups in total. The zero-order valence-electron chi connectivity index (χ0n) is 15.4. The van der Waals surface area contributed by atoms with Crippen molar-refractivity contribution in [3.8, 4) is 5.75 Å². The van der Waals surface area contributed by atoms with Crippen LogP contribution in [0.4, 0.5) is 4.39 Å². The number of aliphatic hydroxyl groups is 1. The lowest BCUT2D eigenvalue weighted by molar-refractivity contribution is 0.0790. The van der Waals surface area contributed by atoms with Gasteiger partial charge in [0.2, 0.25) is 0 Å². The third kappa shape index (κ3) is 3.77. The van der Waals surface area contributed by atoms with E-state index in [1.165, 1.54) is 6.07 Å². The Morgan fingerprint density at radius 2 is 2.11 bits per heavy atom. The van der Waals surface area contributed by atoms with Gasteiger partial charge >= 0.3 is 0 Å². The minimum atomic E-state index is -0.445. The highest BCUT2D eigenvalue weighted by Gasteiger charge is 2.41. The second kappa shape index (κ2) is 7.99. The standard InChI is InChI=1S/C21H21Cl2FN2O2/c1-25-10-12-2-3-20(18(24)6-12)28-21-16-7-13(22)8-17(23)15(16)9-19(21)26-5-4-14(27)11-26/h2-3,6-8,10,14,19,21,27H,4-5,9,11H2,1H3/b25-10+/t14-,19+,21+/m1/s1.